The molecule has 20 heavy (non-hydrogen) atoms. The Balaban J connectivity index is 0.00000361. The van der Waals surface area contributed by atoms with E-state index in [1.165, 1.54) is 0 Å². The molecule has 0 heterocycles. The zero-order valence-electron chi connectivity index (χ0n) is 12.6. The van der Waals surface area contributed by atoms with Gasteiger partial charge in [0.25, 0.3) is 0 Å². The van der Waals surface area contributed by atoms with E-state index in [1.54, 1.807) is 7.11 Å². The van der Waals surface area contributed by atoms with Crippen molar-refractivity contribution in [2.75, 3.05) is 7.11 Å². The molecule has 0 radical (unpaired) electrons. The Morgan fingerprint density at radius 2 is 2.10 bits per heavy atom. The second kappa shape index (κ2) is 8.82. The molecule has 1 aromatic rings. The van der Waals surface area contributed by atoms with E-state index < -0.39 is 6.04 Å². The number of methoxy groups -OCH3 is 1. The maximum absolute atomic E-state index is 11.9. The molecule has 0 aromatic heterocycles. The van der Waals surface area contributed by atoms with Crippen LogP contribution < -0.4 is 15.8 Å². The number of benzene rings is 1. The highest BCUT2D eigenvalue weighted by atomic mass is 35.5. The van der Waals surface area contributed by atoms with Crippen molar-refractivity contribution in [2.24, 2.45) is 11.7 Å². The minimum absolute atomic E-state index is 0. The molecule has 0 saturated carbocycles. The molecule has 2 atom stereocenters. The van der Waals surface area contributed by atoms with Crippen molar-refractivity contribution < 1.29 is 9.53 Å². The van der Waals surface area contributed by atoms with E-state index in [0.29, 0.717) is 6.54 Å². The van der Waals surface area contributed by atoms with Crippen LogP contribution in [-0.2, 0) is 11.3 Å². The number of aryl methyl sites for hydroxylation is 1. The Bertz CT molecular complexity index is 438. The van der Waals surface area contributed by atoms with Crippen LogP contribution in [-0.4, -0.2) is 19.1 Å². The van der Waals surface area contributed by atoms with E-state index in [9.17, 15) is 4.79 Å². The molecular weight excluding hydrogens is 276 g/mol. The molecule has 0 spiro atoms. The number of amides is 1. The quantitative estimate of drug-likeness (QED) is 0.848. The summed E-state index contributed by atoms with van der Waals surface area (Å²) in [6.07, 6.45) is 0.896. The molecule has 2 unspecified atom stereocenters. The van der Waals surface area contributed by atoms with E-state index >= 15 is 0 Å². The van der Waals surface area contributed by atoms with Gasteiger partial charge in [0, 0.05) is 6.54 Å². The van der Waals surface area contributed by atoms with Crippen LogP contribution in [0.5, 0.6) is 5.75 Å². The molecule has 5 heteroatoms. The van der Waals surface area contributed by atoms with Crippen LogP contribution in [0.25, 0.3) is 0 Å². The average Bonchev–Trinajstić information content (AvgIpc) is 2.44. The number of hydrogen-bond acceptors (Lipinski definition) is 3. The monoisotopic (exact) mass is 300 g/mol. The van der Waals surface area contributed by atoms with Gasteiger partial charge in [-0.05, 0) is 30.0 Å². The molecule has 4 nitrogen and oxygen atoms in total. The highest BCUT2D eigenvalue weighted by Crippen LogP contribution is 2.18. The lowest BCUT2D eigenvalue weighted by Gasteiger charge is -2.18. The second-order valence-electron chi connectivity index (χ2n) is 4.93. The van der Waals surface area contributed by atoms with Crippen molar-refractivity contribution >= 4 is 18.3 Å². The van der Waals surface area contributed by atoms with Crippen molar-refractivity contribution in [3.8, 4) is 5.75 Å². The van der Waals surface area contributed by atoms with Gasteiger partial charge in [-0.25, -0.2) is 0 Å². The fourth-order valence-electron chi connectivity index (χ4n) is 1.79. The van der Waals surface area contributed by atoms with E-state index in [-0.39, 0.29) is 24.2 Å². The van der Waals surface area contributed by atoms with Gasteiger partial charge in [-0.1, -0.05) is 32.4 Å². The lowest BCUT2D eigenvalue weighted by atomic mass is 9.99. The first-order valence-corrected chi connectivity index (χ1v) is 6.66. The standard InChI is InChI=1S/C15H24N2O2.ClH/c1-5-10(2)14(16)15(18)17-9-12-7-6-11(3)13(8-12)19-4;/h6-8,10,14H,5,9,16H2,1-4H3,(H,17,18);1H. The van der Waals surface area contributed by atoms with Crippen LogP contribution in [0.15, 0.2) is 18.2 Å². The average molecular weight is 301 g/mol. The Labute approximate surface area is 127 Å². The van der Waals surface area contributed by atoms with Gasteiger partial charge in [0.1, 0.15) is 5.75 Å². The molecule has 3 N–H and O–H groups in total. The molecule has 0 fully saturated rings. The predicted octanol–water partition coefficient (Wildman–Crippen LogP) is 2.42. The molecule has 1 rings (SSSR count). The van der Waals surface area contributed by atoms with E-state index in [0.717, 1.165) is 23.3 Å². The van der Waals surface area contributed by atoms with Gasteiger partial charge >= 0.3 is 0 Å². The molecule has 0 aliphatic rings. The molecule has 0 aliphatic heterocycles. The number of halogens is 1. The predicted molar refractivity (Wildman–Crippen MR) is 84.3 cm³/mol. The van der Waals surface area contributed by atoms with Crippen LogP contribution >= 0.6 is 12.4 Å². The number of hydrogen-bond donors (Lipinski definition) is 2. The van der Waals surface area contributed by atoms with Crippen LogP contribution in [0.4, 0.5) is 0 Å². The fraction of sp³-hybridized carbons (Fsp3) is 0.533. The summed E-state index contributed by atoms with van der Waals surface area (Å²) >= 11 is 0. The van der Waals surface area contributed by atoms with Gasteiger partial charge in [0.2, 0.25) is 5.91 Å². The summed E-state index contributed by atoms with van der Waals surface area (Å²) in [5.74, 6) is 0.916. The van der Waals surface area contributed by atoms with Gasteiger partial charge < -0.3 is 15.8 Å². The number of carbonyl (C=O) groups is 1. The van der Waals surface area contributed by atoms with Crippen LogP contribution in [0.3, 0.4) is 0 Å². The fourth-order valence-corrected chi connectivity index (χ4v) is 1.79. The highest BCUT2D eigenvalue weighted by molar-refractivity contribution is 5.85. The van der Waals surface area contributed by atoms with Crippen LogP contribution in [0, 0.1) is 12.8 Å². The number of rotatable bonds is 6. The molecule has 1 aromatic carbocycles. The third-order valence-corrected chi connectivity index (χ3v) is 3.50. The number of ether oxygens (including phenoxy) is 1. The summed E-state index contributed by atoms with van der Waals surface area (Å²) in [6, 6.07) is 5.45. The minimum Gasteiger partial charge on any atom is -0.496 e. The maximum atomic E-state index is 11.9. The third kappa shape index (κ3) is 5.02. The largest absolute Gasteiger partial charge is 0.496 e. The summed E-state index contributed by atoms with van der Waals surface area (Å²) in [5, 5.41) is 2.87. The molecule has 1 amide bonds. The van der Waals surface area contributed by atoms with Gasteiger partial charge in [-0.3, -0.25) is 4.79 Å². The van der Waals surface area contributed by atoms with Crippen LogP contribution in [0.1, 0.15) is 31.4 Å². The summed E-state index contributed by atoms with van der Waals surface area (Å²) in [6.45, 7) is 6.47. The number of carbonyl (C=O) groups excluding carboxylic acids is 1. The van der Waals surface area contributed by atoms with Crippen molar-refractivity contribution in [1.29, 1.82) is 0 Å². The first kappa shape index (κ1) is 18.7. The summed E-state index contributed by atoms with van der Waals surface area (Å²) in [4.78, 5) is 11.9. The SMILES string of the molecule is CCC(C)C(N)C(=O)NCc1ccc(C)c(OC)c1.Cl. The topological polar surface area (TPSA) is 64.4 Å². The van der Waals surface area contributed by atoms with Gasteiger partial charge in [-0.15, -0.1) is 12.4 Å². The van der Waals surface area contributed by atoms with Crippen LogP contribution in [0.2, 0.25) is 0 Å². The first-order valence-electron chi connectivity index (χ1n) is 6.66. The zero-order valence-corrected chi connectivity index (χ0v) is 13.4. The van der Waals surface area contributed by atoms with E-state index in [2.05, 4.69) is 5.32 Å². The second-order valence-corrected chi connectivity index (χ2v) is 4.93. The van der Waals surface area contributed by atoms with E-state index in [4.69, 9.17) is 10.5 Å². The van der Waals surface area contributed by atoms with Gasteiger partial charge in [-0.2, -0.15) is 0 Å². The normalized spacial score (nSPS) is 13.1. The van der Waals surface area contributed by atoms with Crippen molar-refractivity contribution in [2.45, 2.75) is 39.8 Å². The lowest BCUT2D eigenvalue weighted by molar-refractivity contribution is -0.123. The van der Waals surface area contributed by atoms with Gasteiger partial charge in [0.15, 0.2) is 0 Å². The van der Waals surface area contributed by atoms with E-state index in [1.807, 2.05) is 39.0 Å². The summed E-state index contributed by atoms with van der Waals surface area (Å²) in [7, 11) is 1.64. The Hall–Kier alpha value is -1.26. The lowest BCUT2D eigenvalue weighted by Crippen LogP contribution is -2.44. The molecule has 0 saturated heterocycles. The Kier molecular flexibility index (Phi) is 8.26. The van der Waals surface area contributed by atoms with Gasteiger partial charge in [0.05, 0.1) is 13.2 Å². The first-order chi connectivity index (χ1) is 8.99. The maximum Gasteiger partial charge on any atom is 0.237 e. The summed E-state index contributed by atoms with van der Waals surface area (Å²) in [5.41, 5.74) is 7.96. The Morgan fingerprint density at radius 1 is 1.45 bits per heavy atom. The summed E-state index contributed by atoms with van der Waals surface area (Å²) < 4.78 is 5.26. The Morgan fingerprint density at radius 3 is 2.65 bits per heavy atom. The van der Waals surface area contributed by atoms with Crippen molar-refractivity contribution in [3.05, 3.63) is 29.3 Å². The highest BCUT2D eigenvalue weighted by Gasteiger charge is 2.18. The molecule has 0 aliphatic carbocycles. The molecule has 0 bridgehead atoms. The number of nitrogens with two attached hydrogens (primary N) is 1. The molecular formula is C15H25ClN2O2. The minimum atomic E-state index is -0.447. The molecule has 114 valence electrons. The van der Waals surface area contributed by atoms with Crippen molar-refractivity contribution in [1.82, 2.24) is 5.32 Å². The third-order valence-electron chi connectivity index (χ3n) is 3.50. The smallest absolute Gasteiger partial charge is 0.237 e. The van der Waals surface area contributed by atoms with Crippen molar-refractivity contribution in [3.63, 3.8) is 0 Å². The zero-order chi connectivity index (χ0) is 14.4. The number of nitrogens with one attached hydrogen (secondary N) is 1.